The summed E-state index contributed by atoms with van der Waals surface area (Å²) < 4.78 is 19.5. The van der Waals surface area contributed by atoms with E-state index in [4.69, 9.17) is 15.7 Å². The quantitative estimate of drug-likeness (QED) is 0.590. The fraction of sp³-hybridized carbons (Fsp3) is 0.280. The third-order valence-corrected chi connectivity index (χ3v) is 5.83. The maximum Gasteiger partial charge on any atom is 0.407 e. The van der Waals surface area contributed by atoms with Crippen molar-refractivity contribution in [1.29, 1.82) is 5.26 Å². The SMILES string of the molecule is C[C@@H]1CC[C@H](NC(=O)OCc2ccccc2)CN1c1cc(-c2ccc(C#N)c(F)c2)nc(N)n1. The van der Waals surface area contributed by atoms with Crippen LogP contribution in [0.3, 0.4) is 0 Å². The van der Waals surface area contributed by atoms with E-state index in [1.54, 1.807) is 12.1 Å². The molecule has 34 heavy (non-hydrogen) atoms. The van der Waals surface area contributed by atoms with Gasteiger partial charge in [-0.15, -0.1) is 0 Å². The average molecular weight is 461 g/mol. The summed E-state index contributed by atoms with van der Waals surface area (Å²) in [6.45, 7) is 2.79. The Bertz CT molecular complexity index is 1210. The van der Waals surface area contributed by atoms with Crippen LogP contribution in [0.5, 0.6) is 0 Å². The van der Waals surface area contributed by atoms with Crippen molar-refractivity contribution in [2.75, 3.05) is 17.2 Å². The number of piperidine rings is 1. The highest BCUT2D eigenvalue weighted by molar-refractivity contribution is 5.68. The molecule has 1 aliphatic heterocycles. The summed E-state index contributed by atoms with van der Waals surface area (Å²) in [5, 5.41) is 11.9. The first-order chi connectivity index (χ1) is 16.4. The summed E-state index contributed by atoms with van der Waals surface area (Å²) in [4.78, 5) is 23.0. The van der Waals surface area contributed by atoms with E-state index in [2.05, 4.69) is 22.2 Å². The van der Waals surface area contributed by atoms with Crippen molar-refractivity contribution in [3.05, 3.63) is 71.5 Å². The molecular weight excluding hydrogens is 435 g/mol. The first kappa shape index (κ1) is 23.0. The van der Waals surface area contributed by atoms with Gasteiger partial charge in [0.1, 0.15) is 24.3 Å². The number of ether oxygens (including phenoxy) is 1. The Morgan fingerprint density at radius 3 is 2.76 bits per heavy atom. The predicted octanol–water partition coefficient (Wildman–Crippen LogP) is 4.02. The number of amides is 1. The molecule has 3 N–H and O–H groups in total. The minimum Gasteiger partial charge on any atom is -0.445 e. The van der Waals surface area contributed by atoms with Crippen LogP contribution in [0.25, 0.3) is 11.3 Å². The van der Waals surface area contributed by atoms with E-state index >= 15 is 0 Å². The summed E-state index contributed by atoms with van der Waals surface area (Å²) in [7, 11) is 0. The third kappa shape index (κ3) is 5.41. The van der Waals surface area contributed by atoms with Gasteiger partial charge in [0, 0.05) is 30.3 Å². The number of hydrogen-bond donors (Lipinski definition) is 2. The number of hydrogen-bond acceptors (Lipinski definition) is 7. The van der Waals surface area contributed by atoms with Gasteiger partial charge in [-0.3, -0.25) is 0 Å². The molecule has 1 saturated heterocycles. The lowest BCUT2D eigenvalue weighted by molar-refractivity contribution is 0.134. The highest BCUT2D eigenvalue weighted by Gasteiger charge is 2.28. The molecule has 0 spiro atoms. The molecule has 2 atom stereocenters. The second kappa shape index (κ2) is 10.2. The maximum absolute atomic E-state index is 14.1. The molecule has 0 bridgehead atoms. The number of aromatic nitrogens is 2. The van der Waals surface area contributed by atoms with Crippen LogP contribution in [0, 0.1) is 17.1 Å². The Hall–Kier alpha value is -4.19. The average Bonchev–Trinajstić information content (AvgIpc) is 2.84. The number of anilines is 2. The zero-order chi connectivity index (χ0) is 24.1. The van der Waals surface area contributed by atoms with E-state index in [0.717, 1.165) is 18.4 Å². The van der Waals surface area contributed by atoms with E-state index in [1.165, 1.54) is 12.1 Å². The summed E-state index contributed by atoms with van der Waals surface area (Å²) >= 11 is 0. The van der Waals surface area contributed by atoms with Crippen LogP contribution in [0.4, 0.5) is 21.0 Å². The third-order valence-electron chi connectivity index (χ3n) is 5.83. The number of nitrogens with two attached hydrogens (primary N) is 1. The van der Waals surface area contributed by atoms with E-state index in [-0.39, 0.29) is 30.2 Å². The van der Waals surface area contributed by atoms with Gasteiger partial charge in [0.05, 0.1) is 11.3 Å². The standard InChI is InChI=1S/C25H25FN6O2/c1-16-7-10-20(29-25(33)34-15-17-5-3-2-4-6-17)14-32(16)23-12-22(30-24(28)31-23)18-8-9-19(13-27)21(26)11-18/h2-6,8-9,11-12,16,20H,7,10,14-15H2,1H3,(H,29,33)(H2,28,30,31)/t16-,20+/m1/s1. The molecule has 1 aliphatic rings. The second-order valence-corrected chi connectivity index (χ2v) is 8.26. The van der Waals surface area contributed by atoms with Crippen molar-refractivity contribution in [2.45, 2.75) is 38.5 Å². The highest BCUT2D eigenvalue weighted by Crippen LogP contribution is 2.28. The molecule has 2 heterocycles. The van der Waals surface area contributed by atoms with Gasteiger partial charge in [-0.2, -0.15) is 10.2 Å². The van der Waals surface area contributed by atoms with E-state index in [1.807, 2.05) is 41.3 Å². The van der Waals surface area contributed by atoms with E-state index < -0.39 is 11.9 Å². The number of nitrogens with one attached hydrogen (secondary N) is 1. The summed E-state index contributed by atoms with van der Waals surface area (Å²) in [6.07, 6.45) is 1.15. The Balaban J connectivity index is 1.47. The van der Waals surface area contributed by atoms with Crippen LogP contribution >= 0.6 is 0 Å². The van der Waals surface area contributed by atoms with Gasteiger partial charge < -0.3 is 20.7 Å². The van der Waals surface area contributed by atoms with Gasteiger partial charge >= 0.3 is 6.09 Å². The van der Waals surface area contributed by atoms with Crippen LogP contribution in [-0.4, -0.2) is 34.7 Å². The van der Waals surface area contributed by atoms with Crippen LogP contribution in [0.2, 0.25) is 0 Å². The molecule has 174 valence electrons. The van der Waals surface area contributed by atoms with E-state index in [9.17, 15) is 9.18 Å². The van der Waals surface area contributed by atoms with Crippen molar-refractivity contribution >= 4 is 17.9 Å². The Morgan fingerprint density at radius 2 is 2.03 bits per heavy atom. The Morgan fingerprint density at radius 1 is 1.24 bits per heavy atom. The maximum atomic E-state index is 14.1. The van der Waals surface area contributed by atoms with Gasteiger partial charge in [-0.05, 0) is 37.5 Å². The number of nitrogen functional groups attached to an aromatic ring is 1. The minimum absolute atomic E-state index is 0.0382. The molecule has 3 aromatic rings. The monoisotopic (exact) mass is 460 g/mol. The van der Waals surface area contributed by atoms with Crippen molar-refractivity contribution < 1.29 is 13.9 Å². The van der Waals surface area contributed by atoms with Gasteiger partial charge in [-0.1, -0.05) is 36.4 Å². The molecule has 4 rings (SSSR count). The molecule has 1 aromatic heterocycles. The number of nitrogens with zero attached hydrogens (tertiary/aromatic N) is 4. The smallest absolute Gasteiger partial charge is 0.407 e. The zero-order valence-corrected chi connectivity index (χ0v) is 18.7. The fourth-order valence-electron chi connectivity index (χ4n) is 3.99. The van der Waals surface area contributed by atoms with Crippen LogP contribution in [0.1, 0.15) is 30.9 Å². The van der Waals surface area contributed by atoms with Gasteiger partial charge in [0.25, 0.3) is 0 Å². The lowest BCUT2D eigenvalue weighted by atomic mass is 9.99. The van der Waals surface area contributed by atoms with Crippen LogP contribution in [-0.2, 0) is 11.3 Å². The van der Waals surface area contributed by atoms with Crippen LogP contribution in [0.15, 0.2) is 54.6 Å². The minimum atomic E-state index is -0.622. The predicted molar refractivity (Wildman–Crippen MR) is 126 cm³/mol. The second-order valence-electron chi connectivity index (χ2n) is 8.26. The van der Waals surface area contributed by atoms with Crippen molar-refractivity contribution in [2.24, 2.45) is 0 Å². The Labute approximate surface area is 197 Å². The van der Waals surface area contributed by atoms with E-state index in [0.29, 0.717) is 23.6 Å². The summed E-state index contributed by atoms with van der Waals surface area (Å²) in [5.74, 6) is 0.0223. The van der Waals surface area contributed by atoms with Crippen molar-refractivity contribution in [1.82, 2.24) is 15.3 Å². The topological polar surface area (TPSA) is 117 Å². The first-order valence-corrected chi connectivity index (χ1v) is 11.0. The lowest BCUT2D eigenvalue weighted by Crippen LogP contribution is -2.51. The van der Waals surface area contributed by atoms with Crippen LogP contribution < -0.4 is 16.0 Å². The zero-order valence-electron chi connectivity index (χ0n) is 18.7. The lowest BCUT2D eigenvalue weighted by Gasteiger charge is -2.39. The molecule has 0 saturated carbocycles. The fourth-order valence-corrected chi connectivity index (χ4v) is 3.99. The molecule has 0 unspecified atom stereocenters. The number of carbonyl (C=O) groups is 1. The van der Waals surface area contributed by atoms with Crippen molar-refractivity contribution in [3.8, 4) is 17.3 Å². The number of halogens is 1. The number of nitriles is 1. The molecule has 1 fully saturated rings. The molecule has 2 aromatic carbocycles. The normalized spacial score (nSPS) is 17.6. The van der Waals surface area contributed by atoms with Gasteiger partial charge in [0.2, 0.25) is 5.95 Å². The number of benzene rings is 2. The summed E-state index contributed by atoms with van der Waals surface area (Å²) in [5.41, 5.74) is 7.80. The molecular formula is C25H25FN6O2. The highest BCUT2D eigenvalue weighted by atomic mass is 19.1. The molecule has 1 amide bonds. The van der Waals surface area contributed by atoms with Gasteiger partial charge in [0.15, 0.2) is 0 Å². The summed E-state index contributed by atoms with van der Waals surface area (Å²) in [6, 6.07) is 17.3. The number of rotatable bonds is 5. The molecule has 9 heteroatoms. The van der Waals surface area contributed by atoms with Gasteiger partial charge in [-0.25, -0.2) is 14.2 Å². The molecule has 8 nitrogen and oxygen atoms in total. The Kier molecular flexibility index (Phi) is 6.87. The molecule has 0 aliphatic carbocycles. The number of alkyl carbamates (subject to hydrolysis) is 1. The largest absolute Gasteiger partial charge is 0.445 e. The molecule has 0 radical (unpaired) electrons. The first-order valence-electron chi connectivity index (χ1n) is 11.0. The van der Waals surface area contributed by atoms with Crippen molar-refractivity contribution in [3.63, 3.8) is 0 Å². The number of carbonyl (C=O) groups excluding carboxylic acids is 1.